The van der Waals surface area contributed by atoms with Crippen molar-refractivity contribution >= 4 is 22.5 Å². The number of benzene rings is 3. The molecule has 1 N–H and O–H groups in total. The molecular formula is C20H16N2O. The molecule has 3 nitrogen and oxygen atoms in total. The molecule has 1 aromatic heterocycles. The largest absolute Gasteiger partial charge is 0.354 e. The van der Waals surface area contributed by atoms with E-state index in [1.54, 1.807) is 0 Å². The molecule has 4 aromatic rings. The molecule has 1 heterocycles. The van der Waals surface area contributed by atoms with Crippen LogP contribution in [-0.4, -0.2) is 5.16 Å². The van der Waals surface area contributed by atoms with Crippen molar-refractivity contribution in [2.75, 3.05) is 5.32 Å². The number of anilines is 2. The maximum absolute atomic E-state index is 5.36. The average Bonchev–Trinajstić information content (AvgIpc) is 3.01. The Labute approximate surface area is 134 Å². The highest BCUT2D eigenvalue weighted by Gasteiger charge is 2.10. The fourth-order valence-electron chi connectivity index (χ4n) is 2.81. The zero-order valence-corrected chi connectivity index (χ0v) is 12.8. The van der Waals surface area contributed by atoms with Gasteiger partial charge in [0.2, 0.25) is 0 Å². The van der Waals surface area contributed by atoms with E-state index in [0.717, 1.165) is 22.5 Å². The second kappa shape index (κ2) is 5.61. The summed E-state index contributed by atoms with van der Waals surface area (Å²) in [6, 6.07) is 24.5. The van der Waals surface area contributed by atoms with Gasteiger partial charge in [0, 0.05) is 5.69 Å². The molecule has 3 heteroatoms. The van der Waals surface area contributed by atoms with Gasteiger partial charge in [0.05, 0.1) is 5.39 Å². The lowest BCUT2D eigenvalue weighted by Gasteiger charge is -2.12. The summed E-state index contributed by atoms with van der Waals surface area (Å²) in [5.74, 6) is 0.744. The number of hydrogen-bond donors (Lipinski definition) is 1. The standard InChI is InChI=1S/C20H16N2O/c1-14-16(15-8-3-2-4-9-15)11-7-12-18(14)21-20-17-10-5-6-13-19(17)23-22-20/h2-13H,1H3,(H,21,22). The van der Waals surface area contributed by atoms with Gasteiger partial charge in [-0.3, -0.25) is 0 Å². The minimum atomic E-state index is 0.744. The molecule has 3 aromatic carbocycles. The van der Waals surface area contributed by atoms with Gasteiger partial charge in [-0.2, -0.15) is 0 Å². The molecule has 0 aliphatic heterocycles. The van der Waals surface area contributed by atoms with Crippen molar-refractivity contribution in [1.29, 1.82) is 0 Å². The van der Waals surface area contributed by atoms with E-state index in [9.17, 15) is 0 Å². The van der Waals surface area contributed by atoms with Crippen LogP contribution >= 0.6 is 0 Å². The van der Waals surface area contributed by atoms with Gasteiger partial charge in [-0.15, -0.1) is 0 Å². The lowest BCUT2D eigenvalue weighted by atomic mass is 9.99. The zero-order chi connectivity index (χ0) is 15.6. The minimum absolute atomic E-state index is 0.744. The molecule has 4 rings (SSSR count). The molecule has 0 bridgehead atoms. The van der Waals surface area contributed by atoms with Gasteiger partial charge in [0.15, 0.2) is 11.4 Å². The number of rotatable bonds is 3. The van der Waals surface area contributed by atoms with Crippen LogP contribution in [0.3, 0.4) is 0 Å². The Kier molecular flexibility index (Phi) is 3.31. The van der Waals surface area contributed by atoms with Crippen molar-refractivity contribution in [2.45, 2.75) is 6.92 Å². The highest BCUT2D eigenvalue weighted by Crippen LogP contribution is 2.32. The SMILES string of the molecule is Cc1c(Nc2noc3ccccc23)cccc1-c1ccccc1. The first-order valence-electron chi connectivity index (χ1n) is 7.59. The first-order chi connectivity index (χ1) is 11.3. The summed E-state index contributed by atoms with van der Waals surface area (Å²) in [6.07, 6.45) is 0. The molecule has 0 aliphatic carbocycles. The first-order valence-corrected chi connectivity index (χ1v) is 7.59. The summed E-state index contributed by atoms with van der Waals surface area (Å²) in [7, 11) is 0. The van der Waals surface area contributed by atoms with Crippen LogP contribution in [-0.2, 0) is 0 Å². The summed E-state index contributed by atoms with van der Waals surface area (Å²) in [4.78, 5) is 0. The summed E-state index contributed by atoms with van der Waals surface area (Å²) < 4.78 is 5.36. The number of nitrogens with zero attached hydrogens (tertiary/aromatic N) is 1. The second-order valence-electron chi connectivity index (χ2n) is 5.50. The minimum Gasteiger partial charge on any atom is -0.354 e. The van der Waals surface area contributed by atoms with E-state index in [-0.39, 0.29) is 0 Å². The second-order valence-corrected chi connectivity index (χ2v) is 5.50. The molecule has 112 valence electrons. The highest BCUT2D eigenvalue weighted by atomic mass is 16.5. The number of para-hydroxylation sites is 1. The molecule has 0 spiro atoms. The smallest absolute Gasteiger partial charge is 0.181 e. The normalized spacial score (nSPS) is 10.8. The van der Waals surface area contributed by atoms with Crippen LogP contribution in [0, 0.1) is 6.92 Å². The Morgan fingerprint density at radius 1 is 0.826 bits per heavy atom. The number of nitrogens with one attached hydrogen (secondary N) is 1. The molecule has 23 heavy (non-hydrogen) atoms. The molecule has 0 aliphatic rings. The Hall–Kier alpha value is -3.07. The van der Waals surface area contributed by atoms with Gasteiger partial charge in [0.25, 0.3) is 0 Å². The van der Waals surface area contributed by atoms with Crippen molar-refractivity contribution in [1.82, 2.24) is 5.16 Å². The highest BCUT2D eigenvalue weighted by molar-refractivity contribution is 5.90. The van der Waals surface area contributed by atoms with E-state index in [1.165, 1.54) is 16.7 Å². The van der Waals surface area contributed by atoms with E-state index in [1.807, 2.05) is 30.3 Å². The van der Waals surface area contributed by atoms with Crippen LogP contribution in [0.15, 0.2) is 77.3 Å². The number of hydrogen-bond acceptors (Lipinski definition) is 3. The van der Waals surface area contributed by atoms with Crippen molar-refractivity contribution in [3.05, 3.63) is 78.4 Å². The van der Waals surface area contributed by atoms with E-state index in [0.29, 0.717) is 0 Å². The lowest BCUT2D eigenvalue weighted by molar-refractivity contribution is 0.460. The Morgan fingerprint density at radius 2 is 1.61 bits per heavy atom. The summed E-state index contributed by atoms with van der Waals surface area (Å²) in [5, 5.41) is 8.53. The maximum atomic E-state index is 5.36. The number of fused-ring (bicyclic) bond motifs is 1. The van der Waals surface area contributed by atoms with Gasteiger partial charge in [-0.05, 0) is 41.8 Å². The fraction of sp³-hybridized carbons (Fsp3) is 0.0500. The predicted molar refractivity (Wildman–Crippen MR) is 93.9 cm³/mol. The van der Waals surface area contributed by atoms with Crippen molar-refractivity contribution in [3.63, 3.8) is 0 Å². The first kappa shape index (κ1) is 13.6. The topological polar surface area (TPSA) is 38.1 Å². The van der Waals surface area contributed by atoms with Gasteiger partial charge in [-0.1, -0.05) is 59.8 Å². The van der Waals surface area contributed by atoms with E-state index < -0.39 is 0 Å². The monoisotopic (exact) mass is 300 g/mol. The Bertz CT molecular complexity index is 958. The van der Waals surface area contributed by atoms with Crippen molar-refractivity contribution < 1.29 is 4.52 Å². The molecule has 0 atom stereocenters. The van der Waals surface area contributed by atoms with Crippen LogP contribution in [0.2, 0.25) is 0 Å². The average molecular weight is 300 g/mol. The Morgan fingerprint density at radius 3 is 2.48 bits per heavy atom. The zero-order valence-electron chi connectivity index (χ0n) is 12.8. The van der Waals surface area contributed by atoms with Gasteiger partial charge < -0.3 is 9.84 Å². The van der Waals surface area contributed by atoms with E-state index in [2.05, 4.69) is 59.9 Å². The van der Waals surface area contributed by atoms with Crippen LogP contribution in [0.1, 0.15) is 5.56 Å². The van der Waals surface area contributed by atoms with E-state index >= 15 is 0 Å². The van der Waals surface area contributed by atoms with Gasteiger partial charge >= 0.3 is 0 Å². The molecule has 0 fully saturated rings. The summed E-state index contributed by atoms with van der Waals surface area (Å²) >= 11 is 0. The quantitative estimate of drug-likeness (QED) is 0.539. The van der Waals surface area contributed by atoms with Crippen LogP contribution in [0.5, 0.6) is 0 Å². The fourth-order valence-corrected chi connectivity index (χ4v) is 2.81. The molecule has 0 amide bonds. The number of aromatic nitrogens is 1. The van der Waals surface area contributed by atoms with Crippen LogP contribution < -0.4 is 5.32 Å². The van der Waals surface area contributed by atoms with E-state index in [4.69, 9.17) is 4.52 Å². The van der Waals surface area contributed by atoms with Crippen LogP contribution in [0.4, 0.5) is 11.5 Å². The molecule has 0 unspecified atom stereocenters. The third kappa shape index (κ3) is 2.46. The third-order valence-electron chi connectivity index (χ3n) is 4.05. The van der Waals surface area contributed by atoms with Crippen LogP contribution in [0.25, 0.3) is 22.1 Å². The molecule has 0 saturated carbocycles. The maximum Gasteiger partial charge on any atom is 0.181 e. The molecule has 0 saturated heterocycles. The lowest BCUT2D eigenvalue weighted by Crippen LogP contribution is -1.95. The molecule has 0 radical (unpaired) electrons. The predicted octanol–water partition coefficient (Wildman–Crippen LogP) is 5.55. The molecular weight excluding hydrogens is 284 g/mol. The van der Waals surface area contributed by atoms with Gasteiger partial charge in [-0.25, -0.2) is 0 Å². The summed E-state index contributed by atoms with van der Waals surface area (Å²) in [6.45, 7) is 2.12. The third-order valence-corrected chi connectivity index (χ3v) is 4.05. The Balaban J connectivity index is 1.76. The summed E-state index contributed by atoms with van der Waals surface area (Å²) in [5.41, 5.74) is 5.42. The van der Waals surface area contributed by atoms with Crippen molar-refractivity contribution in [2.24, 2.45) is 0 Å². The van der Waals surface area contributed by atoms with Crippen molar-refractivity contribution in [3.8, 4) is 11.1 Å². The van der Waals surface area contributed by atoms with Gasteiger partial charge in [0.1, 0.15) is 0 Å².